The van der Waals surface area contributed by atoms with Crippen molar-refractivity contribution in [3.63, 3.8) is 0 Å². The van der Waals surface area contributed by atoms with Crippen LogP contribution in [0, 0.1) is 0 Å². The summed E-state index contributed by atoms with van der Waals surface area (Å²) < 4.78 is 5.87. The van der Waals surface area contributed by atoms with Gasteiger partial charge in [0, 0.05) is 28.2 Å². The quantitative estimate of drug-likeness (QED) is 0.214. The largest absolute Gasteiger partial charge is 0.457 e. The molecule has 0 fully saturated rings. The second kappa shape index (κ2) is 9.23. The molecule has 0 aliphatic heterocycles. The molecular weight excluding hydrogens is 454 g/mol. The molecule has 176 valence electrons. The first kappa shape index (κ1) is 22.6. The smallest absolute Gasteiger partial charge is 0.247 e. The maximum absolute atomic E-state index is 13.3. The number of anilines is 4. The van der Waals surface area contributed by atoms with Crippen LogP contribution in [0.5, 0.6) is 11.5 Å². The van der Waals surface area contributed by atoms with Gasteiger partial charge in [-0.2, -0.15) is 0 Å². The highest BCUT2D eigenvalue weighted by atomic mass is 16.5. The van der Waals surface area contributed by atoms with Crippen LogP contribution in [-0.2, 0) is 4.79 Å². The van der Waals surface area contributed by atoms with Gasteiger partial charge in [-0.3, -0.25) is 14.4 Å². The lowest BCUT2D eigenvalue weighted by molar-refractivity contribution is -0.111. The van der Waals surface area contributed by atoms with Crippen molar-refractivity contribution >= 4 is 40.2 Å². The molecule has 0 bridgehead atoms. The Hall–Kier alpha value is -5.17. The number of nitrogens with one attached hydrogen (secondary N) is 2. The van der Waals surface area contributed by atoms with E-state index >= 15 is 0 Å². The molecule has 0 aromatic heterocycles. The van der Waals surface area contributed by atoms with Gasteiger partial charge in [0.25, 0.3) is 0 Å². The highest BCUT2D eigenvalue weighted by Gasteiger charge is 2.33. The standard InChI is InChI=1S/C29H21N3O4/c1-2-25(33)32-18-9-13-20(14-10-18)36-19-11-7-17(8-12-19)31-24-16-15-23(30)26-27(24)29(35)22-6-4-3-5-21(22)28(26)34/h2-16,31H,1,30H2,(H,32,33). The summed E-state index contributed by atoms with van der Waals surface area (Å²) in [7, 11) is 0. The zero-order valence-corrected chi connectivity index (χ0v) is 19.1. The van der Waals surface area contributed by atoms with Crippen molar-refractivity contribution in [3.05, 3.63) is 120 Å². The average molecular weight is 476 g/mol. The molecule has 0 saturated carbocycles. The summed E-state index contributed by atoms with van der Waals surface area (Å²) in [5.74, 6) is 0.401. The SMILES string of the molecule is C=CC(=O)Nc1ccc(Oc2ccc(Nc3ccc(N)c4c3C(=O)c3ccccc3C4=O)cc2)cc1. The normalized spacial score (nSPS) is 11.8. The first-order valence-corrected chi connectivity index (χ1v) is 11.1. The average Bonchev–Trinajstić information content (AvgIpc) is 2.90. The van der Waals surface area contributed by atoms with Crippen LogP contribution in [0.2, 0.25) is 0 Å². The van der Waals surface area contributed by atoms with E-state index in [4.69, 9.17) is 10.5 Å². The van der Waals surface area contributed by atoms with Crippen molar-refractivity contribution < 1.29 is 19.1 Å². The number of amides is 1. The van der Waals surface area contributed by atoms with Gasteiger partial charge < -0.3 is 21.1 Å². The van der Waals surface area contributed by atoms with Crippen LogP contribution in [0.1, 0.15) is 31.8 Å². The number of ketones is 2. The number of ether oxygens (including phenoxy) is 1. The molecule has 0 heterocycles. The molecular formula is C29H21N3O4. The second-order valence-electron chi connectivity index (χ2n) is 8.13. The van der Waals surface area contributed by atoms with E-state index in [2.05, 4.69) is 17.2 Å². The van der Waals surface area contributed by atoms with Crippen LogP contribution in [0.3, 0.4) is 0 Å². The van der Waals surface area contributed by atoms with E-state index < -0.39 is 0 Å². The Morgan fingerprint density at radius 3 is 1.89 bits per heavy atom. The van der Waals surface area contributed by atoms with Crippen LogP contribution in [0.25, 0.3) is 0 Å². The minimum absolute atomic E-state index is 0.219. The summed E-state index contributed by atoms with van der Waals surface area (Å²) in [5.41, 5.74) is 9.41. The van der Waals surface area contributed by atoms with Crippen LogP contribution >= 0.6 is 0 Å². The first-order valence-electron chi connectivity index (χ1n) is 11.1. The van der Waals surface area contributed by atoms with E-state index in [9.17, 15) is 14.4 Å². The third-order valence-corrected chi connectivity index (χ3v) is 5.78. The van der Waals surface area contributed by atoms with Crippen LogP contribution < -0.4 is 21.1 Å². The summed E-state index contributed by atoms with van der Waals surface area (Å²) in [4.78, 5) is 37.8. The minimum Gasteiger partial charge on any atom is -0.457 e. The summed E-state index contributed by atoms with van der Waals surface area (Å²) in [6.07, 6.45) is 1.20. The molecule has 36 heavy (non-hydrogen) atoms. The van der Waals surface area contributed by atoms with Crippen molar-refractivity contribution in [2.45, 2.75) is 0 Å². The predicted molar refractivity (Wildman–Crippen MR) is 139 cm³/mol. The lowest BCUT2D eigenvalue weighted by Crippen LogP contribution is -2.23. The number of rotatable bonds is 6. The maximum atomic E-state index is 13.3. The molecule has 5 rings (SSSR count). The van der Waals surface area contributed by atoms with E-state index in [-0.39, 0.29) is 34.3 Å². The number of hydrogen-bond acceptors (Lipinski definition) is 6. The third kappa shape index (κ3) is 4.21. The summed E-state index contributed by atoms with van der Waals surface area (Å²) in [5, 5.41) is 5.91. The molecule has 0 atom stereocenters. The van der Waals surface area contributed by atoms with Gasteiger partial charge in [0.05, 0.1) is 16.8 Å². The zero-order valence-electron chi connectivity index (χ0n) is 19.1. The molecule has 4 N–H and O–H groups in total. The number of carbonyl (C=O) groups is 3. The van der Waals surface area contributed by atoms with E-state index in [1.807, 2.05) is 0 Å². The molecule has 4 aromatic rings. The molecule has 0 unspecified atom stereocenters. The maximum Gasteiger partial charge on any atom is 0.247 e. The Labute approximate surface area is 207 Å². The van der Waals surface area contributed by atoms with Crippen molar-refractivity contribution in [1.29, 1.82) is 0 Å². The van der Waals surface area contributed by atoms with Crippen molar-refractivity contribution in [2.24, 2.45) is 0 Å². The second-order valence-corrected chi connectivity index (χ2v) is 8.13. The van der Waals surface area contributed by atoms with Crippen LogP contribution in [-0.4, -0.2) is 17.5 Å². The first-order chi connectivity index (χ1) is 17.4. The van der Waals surface area contributed by atoms with Crippen LogP contribution in [0.15, 0.2) is 97.6 Å². The Bertz CT molecular complexity index is 1520. The third-order valence-electron chi connectivity index (χ3n) is 5.78. The molecule has 4 aromatic carbocycles. The molecule has 7 nitrogen and oxygen atoms in total. The van der Waals surface area contributed by atoms with Gasteiger partial charge >= 0.3 is 0 Å². The van der Waals surface area contributed by atoms with Gasteiger partial charge in [0.1, 0.15) is 11.5 Å². The van der Waals surface area contributed by atoms with Gasteiger partial charge in [0.15, 0.2) is 11.6 Å². The summed E-state index contributed by atoms with van der Waals surface area (Å²) >= 11 is 0. The fourth-order valence-corrected chi connectivity index (χ4v) is 4.05. The molecule has 0 radical (unpaired) electrons. The van der Waals surface area contributed by atoms with Crippen molar-refractivity contribution in [1.82, 2.24) is 0 Å². The predicted octanol–water partition coefficient (Wildman–Crippen LogP) is 5.70. The molecule has 7 heteroatoms. The number of nitrogen functional groups attached to an aromatic ring is 1. The van der Waals surface area contributed by atoms with Gasteiger partial charge in [-0.15, -0.1) is 0 Å². The number of hydrogen-bond donors (Lipinski definition) is 3. The van der Waals surface area contributed by atoms with E-state index in [1.54, 1.807) is 84.9 Å². The monoisotopic (exact) mass is 475 g/mol. The Morgan fingerprint density at radius 2 is 1.31 bits per heavy atom. The molecule has 0 spiro atoms. The molecule has 1 aliphatic carbocycles. The minimum atomic E-state index is -0.288. The highest BCUT2D eigenvalue weighted by molar-refractivity contribution is 6.31. The van der Waals surface area contributed by atoms with Crippen LogP contribution in [0.4, 0.5) is 22.7 Å². The lowest BCUT2D eigenvalue weighted by Gasteiger charge is -2.22. The van der Waals surface area contributed by atoms with Gasteiger partial charge in [0.2, 0.25) is 5.91 Å². The summed E-state index contributed by atoms with van der Waals surface area (Å²) in [6.45, 7) is 3.43. The van der Waals surface area contributed by atoms with Gasteiger partial charge in [-0.1, -0.05) is 30.8 Å². The van der Waals surface area contributed by atoms with E-state index in [1.165, 1.54) is 6.08 Å². The van der Waals surface area contributed by atoms with Gasteiger partial charge in [-0.25, -0.2) is 0 Å². The van der Waals surface area contributed by atoms with Gasteiger partial charge in [-0.05, 0) is 66.7 Å². The molecule has 1 amide bonds. The Balaban J connectivity index is 1.35. The van der Waals surface area contributed by atoms with Crippen molar-refractivity contribution in [2.75, 3.05) is 16.4 Å². The van der Waals surface area contributed by atoms with E-state index in [0.29, 0.717) is 39.7 Å². The number of carbonyl (C=O) groups excluding carboxylic acids is 3. The number of benzene rings is 4. The lowest BCUT2D eigenvalue weighted by atomic mass is 9.82. The van der Waals surface area contributed by atoms with E-state index in [0.717, 1.165) is 0 Å². The number of fused-ring (bicyclic) bond motifs is 2. The Morgan fingerprint density at radius 1 is 0.750 bits per heavy atom. The topological polar surface area (TPSA) is 111 Å². The molecule has 1 aliphatic rings. The highest BCUT2D eigenvalue weighted by Crippen LogP contribution is 2.36. The fourth-order valence-electron chi connectivity index (χ4n) is 4.05. The number of nitrogens with two attached hydrogens (primary N) is 1. The fraction of sp³-hybridized carbons (Fsp3) is 0. The molecule has 0 saturated heterocycles. The zero-order chi connectivity index (χ0) is 25.2. The Kier molecular flexibility index (Phi) is 5.80. The summed E-state index contributed by atoms with van der Waals surface area (Å²) in [6, 6.07) is 24.2. The van der Waals surface area contributed by atoms with Crippen molar-refractivity contribution in [3.8, 4) is 11.5 Å².